The van der Waals surface area contributed by atoms with Crippen molar-refractivity contribution in [1.82, 2.24) is 10.2 Å². The Labute approximate surface area is 118 Å². The smallest absolute Gasteiger partial charge is 0.143 e. The molecule has 4 nitrogen and oxygen atoms in total. The summed E-state index contributed by atoms with van der Waals surface area (Å²) in [6, 6.07) is 7.50. The van der Waals surface area contributed by atoms with Gasteiger partial charge in [0.25, 0.3) is 0 Å². The van der Waals surface area contributed by atoms with Gasteiger partial charge in [0, 0.05) is 38.8 Å². The molecule has 106 valence electrons. The van der Waals surface area contributed by atoms with E-state index in [1.165, 1.54) is 12.5 Å². The van der Waals surface area contributed by atoms with Gasteiger partial charge in [-0.2, -0.15) is 5.26 Å². The number of nitrogens with zero attached hydrogens (tertiary/aromatic N) is 3. The van der Waals surface area contributed by atoms with Crippen molar-refractivity contribution in [3.05, 3.63) is 29.6 Å². The Balaban J connectivity index is 1.69. The van der Waals surface area contributed by atoms with E-state index < -0.39 is 5.82 Å². The van der Waals surface area contributed by atoms with Gasteiger partial charge in [0.1, 0.15) is 17.4 Å². The van der Waals surface area contributed by atoms with E-state index in [0.717, 1.165) is 45.0 Å². The molecule has 2 aliphatic rings. The summed E-state index contributed by atoms with van der Waals surface area (Å²) in [5, 5.41) is 12.5. The van der Waals surface area contributed by atoms with Gasteiger partial charge in [-0.15, -0.1) is 0 Å². The highest BCUT2D eigenvalue weighted by Crippen LogP contribution is 2.24. The second-order valence-electron chi connectivity index (χ2n) is 5.42. The molecular formula is C15H19FN4. The highest BCUT2D eigenvalue weighted by Gasteiger charge is 2.27. The molecule has 1 unspecified atom stereocenters. The molecule has 1 atom stereocenters. The van der Waals surface area contributed by atoms with E-state index in [1.54, 1.807) is 6.07 Å². The van der Waals surface area contributed by atoms with Gasteiger partial charge in [0.05, 0.1) is 5.69 Å². The Kier molecular flexibility index (Phi) is 3.86. The molecule has 1 aromatic carbocycles. The van der Waals surface area contributed by atoms with Crippen LogP contribution in [0.15, 0.2) is 18.2 Å². The minimum Gasteiger partial charge on any atom is -0.368 e. The highest BCUT2D eigenvalue weighted by molar-refractivity contribution is 5.60. The van der Waals surface area contributed by atoms with Crippen molar-refractivity contribution in [2.45, 2.75) is 12.5 Å². The van der Waals surface area contributed by atoms with E-state index in [4.69, 9.17) is 5.26 Å². The van der Waals surface area contributed by atoms with Crippen molar-refractivity contribution in [1.29, 1.82) is 5.26 Å². The fourth-order valence-electron chi connectivity index (χ4n) is 3.17. The molecule has 5 heteroatoms. The lowest BCUT2D eigenvalue weighted by atomic mass is 10.1. The standard InChI is InChI=1S/C15H19FN4/c16-14-2-1-3-15(13(14)10-17)20-8-6-19(7-9-20)12-4-5-18-11-12/h1-3,12,18H,4-9,11H2. The molecule has 2 aliphatic heterocycles. The summed E-state index contributed by atoms with van der Waals surface area (Å²) in [5.41, 5.74) is 0.903. The summed E-state index contributed by atoms with van der Waals surface area (Å²) >= 11 is 0. The summed E-state index contributed by atoms with van der Waals surface area (Å²) in [4.78, 5) is 4.63. The number of piperazine rings is 1. The van der Waals surface area contributed by atoms with Crippen LogP contribution >= 0.6 is 0 Å². The molecule has 0 saturated carbocycles. The first-order valence-corrected chi connectivity index (χ1v) is 7.18. The summed E-state index contributed by atoms with van der Waals surface area (Å²) in [6.45, 7) is 5.85. The average molecular weight is 274 g/mol. The van der Waals surface area contributed by atoms with Crippen LogP contribution in [0.3, 0.4) is 0 Å². The molecule has 2 heterocycles. The number of hydrogen-bond acceptors (Lipinski definition) is 4. The predicted octanol–water partition coefficient (Wildman–Crippen LogP) is 1.18. The van der Waals surface area contributed by atoms with Crippen LogP contribution in [-0.4, -0.2) is 50.2 Å². The molecule has 20 heavy (non-hydrogen) atoms. The molecule has 0 amide bonds. The number of hydrogen-bond donors (Lipinski definition) is 1. The zero-order chi connectivity index (χ0) is 13.9. The normalized spacial score (nSPS) is 23.8. The van der Waals surface area contributed by atoms with Crippen molar-refractivity contribution in [2.24, 2.45) is 0 Å². The molecular weight excluding hydrogens is 255 g/mol. The van der Waals surface area contributed by atoms with Gasteiger partial charge >= 0.3 is 0 Å². The fourth-order valence-corrected chi connectivity index (χ4v) is 3.17. The fraction of sp³-hybridized carbons (Fsp3) is 0.533. The van der Waals surface area contributed by atoms with E-state index in [-0.39, 0.29) is 5.56 Å². The van der Waals surface area contributed by atoms with Crippen molar-refractivity contribution in [3.8, 4) is 6.07 Å². The molecule has 2 fully saturated rings. The van der Waals surface area contributed by atoms with Crippen molar-refractivity contribution in [3.63, 3.8) is 0 Å². The molecule has 0 bridgehead atoms. The van der Waals surface area contributed by atoms with Gasteiger partial charge in [-0.05, 0) is 25.1 Å². The zero-order valence-corrected chi connectivity index (χ0v) is 11.5. The summed E-state index contributed by atoms with van der Waals surface area (Å²) in [6.07, 6.45) is 1.21. The topological polar surface area (TPSA) is 42.3 Å². The van der Waals surface area contributed by atoms with Crippen molar-refractivity contribution < 1.29 is 4.39 Å². The third kappa shape index (κ3) is 2.49. The number of halogens is 1. The third-order valence-corrected chi connectivity index (χ3v) is 4.31. The zero-order valence-electron chi connectivity index (χ0n) is 11.5. The summed E-state index contributed by atoms with van der Waals surface area (Å²) < 4.78 is 13.7. The van der Waals surface area contributed by atoms with Crippen LogP contribution in [0, 0.1) is 17.1 Å². The monoisotopic (exact) mass is 274 g/mol. The Bertz CT molecular complexity index is 511. The predicted molar refractivity (Wildman–Crippen MR) is 76.2 cm³/mol. The molecule has 3 rings (SSSR count). The Hall–Kier alpha value is -1.64. The van der Waals surface area contributed by atoms with Crippen molar-refractivity contribution in [2.75, 3.05) is 44.2 Å². The maximum absolute atomic E-state index is 13.7. The lowest BCUT2D eigenvalue weighted by Gasteiger charge is -2.39. The number of rotatable bonds is 2. The van der Waals surface area contributed by atoms with Gasteiger partial charge in [-0.1, -0.05) is 6.07 Å². The summed E-state index contributed by atoms with van der Waals surface area (Å²) in [7, 11) is 0. The van der Waals surface area contributed by atoms with Crippen LogP contribution in [0.5, 0.6) is 0 Å². The van der Waals surface area contributed by atoms with Crippen LogP contribution in [-0.2, 0) is 0 Å². The van der Waals surface area contributed by atoms with Gasteiger partial charge in [-0.25, -0.2) is 4.39 Å². The van der Waals surface area contributed by atoms with E-state index in [2.05, 4.69) is 15.1 Å². The van der Waals surface area contributed by atoms with Crippen LogP contribution < -0.4 is 10.2 Å². The summed E-state index contributed by atoms with van der Waals surface area (Å²) in [5.74, 6) is -0.424. The van der Waals surface area contributed by atoms with E-state index in [1.807, 2.05) is 12.1 Å². The minimum atomic E-state index is -0.424. The van der Waals surface area contributed by atoms with E-state index >= 15 is 0 Å². The van der Waals surface area contributed by atoms with Crippen molar-refractivity contribution >= 4 is 5.69 Å². The van der Waals surface area contributed by atoms with Gasteiger partial charge in [-0.3, -0.25) is 4.90 Å². The quantitative estimate of drug-likeness (QED) is 0.879. The molecule has 0 aliphatic carbocycles. The molecule has 0 spiro atoms. The third-order valence-electron chi connectivity index (χ3n) is 4.31. The lowest BCUT2D eigenvalue weighted by molar-refractivity contribution is 0.196. The van der Waals surface area contributed by atoms with Gasteiger partial charge in [0.2, 0.25) is 0 Å². The van der Waals surface area contributed by atoms with E-state index in [0.29, 0.717) is 6.04 Å². The molecule has 0 aromatic heterocycles. The van der Waals surface area contributed by atoms with Crippen LogP contribution in [0.1, 0.15) is 12.0 Å². The molecule has 1 N–H and O–H groups in total. The minimum absolute atomic E-state index is 0.170. The number of nitrogens with one attached hydrogen (secondary N) is 1. The average Bonchev–Trinajstić information content (AvgIpc) is 3.01. The largest absolute Gasteiger partial charge is 0.368 e. The Morgan fingerprint density at radius 2 is 2.05 bits per heavy atom. The second kappa shape index (κ2) is 5.78. The van der Waals surface area contributed by atoms with E-state index in [9.17, 15) is 4.39 Å². The maximum Gasteiger partial charge on any atom is 0.143 e. The number of benzene rings is 1. The number of anilines is 1. The molecule has 2 saturated heterocycles. The van der Waals surface area contributed by atoms with Gasteiger partial charge in [0.15, 0.2) is 0 Å². The second-order valence-corrected chi connectivity index (χ2v) is 5.42. The SMILES string of the molecule is N#Cc1c(F)cccc1N1CCN(C2CCNC2)CC1. The Morgan fingerprint density at radius 3 is 2.70 bits per heavy atom. The number of nitriles is 1. The van der Waals surface area contributed by atoms with Crippen LogP contribution in [0.25, 0.3) is 0 Å². The van der Waals surface area contributed by atoms with Crippen LogP contribution in [0.4, 0.5) is 10.1 Å². The first-order chi connectivity index (χ1) is 9.79. The van der Waals surface area contributed by atoms with Gasteiger partial charge < -0.3 is 10.2 Å². The molecule has 0 radical (unpaired) electrons. The first kappa shape index (κ1) is 13.3. The highest BCUT2D eigenvalue weighted by atomic mass is 19.1. The maximum atomic E-state index is 13.7. The Morgan fingerprint density at radius 1 is 1.25 bits per heavy atom. The lowest BCUT2D eigenvalue weighted by Crippen LogP contribution is -2.51. The van der Waals surface area contributed by atoms with Crippen LogP contribution in [0.2, 0.25) is 0 Å². The first-order valence-electron chi connectivity index (χ1n) is 7.18. The molecule has 1 aromatic rings.